The molecule has 0 heterocycles. The molecule has 2 saturated carbocycles. The lowest BCUT2D eigenvalue weighted by molar-refractivity contribution is -0.148. The number of amides is 2. The number of benzene rings is 2. The van der Waals surface area contributed by atoms with Crippen molar-refractivity contribution in [2.75, 3.05) is 13.2 Å². The van der Waals surface area contributed by atoms with Crippen molar-refractivity contribution in [1.29, 1.82) is 0 Å². The van der Waals surface area contributed by atoms with E-state index in [4.69, 9.17) is 4.74 Å². The fourth-order valence-corrected chi connectivity index (χ4v) is 5.86. The molecule has 5 rings (SSSR count). The van der Waals surface area contributed by atoms with Crippen molar-refractivity contribution in [3.8, 4) is 11.1 Å². The molecular weight excluding hydrogens is 444 g/mol. The van der Waals surface area contributed by atoms with Crippen LogP contribution >= 0.6 is 0 Å². The van der Waals surface area contributed by atoms with Crippen molar-refractivity contribution < 1.29 is 24.2 Å². The second-order valence-electron chi connectivity index (χ2n) is 10.1. The molecule has 2 aromatic carbocycles. The highest BCUT2D eigenvalue weighted by atomic mass is 16.5. The lowest BCUT2D eigenvalue weighted by atomic mass is 9.75. The zero-order valence-electron chi connectivity index (χ0n) is 19.8. The predicted octanol–water partition coefficient (Wildman–Crippen LogP) is 4.46. The maximum absolute atomic E-state index is 13.1. The van der Waals surface area contributed by atoms with E-state index in [-0.39, 0.29) is 30.9 Å². The zero-order chi connectivity index (χ0) is 24.4. The quantitative estimate of drug-likeness (QED) is 0.522. The number of nitrogens with one attached hydrogen (secondary N) is 2. The molecule has 2 aromatic rings. The summed E-state index contributed by atoms with van der Waals surface area (Å²) in [6, 6.07) is 16.3. The van der Waals surface area contributed by atoms with Crippen molar-refractivity contribution >= 4 is 18.0 Å². The van der Waals surface area contributed by atoms with Crippen molar-refractivity contribution in [1.82, 2.24) is 10.6 Å². The minimum absolute atomic E-state index is 0.0309. The van der Waals surface area contributed by atoms with Gasteiger partial charge < -0.3 is 20.5 Å². The number of carboxylic acids is 1. The Bertz CT molecular complexity index is 1070. The first-order valence-corrected chi connectivity index (χ1v) is 12.6. The molecule has 3 N–H and O–H groups in total. The predicted molar refractivity (Wildman–Crippen MR) is 131 cm³/mol. The van der Waals surface area contributed by atoms with Crippen LogP contribution in [0.3, 0.4) is 0 Å². The van der Waals surface area contributed by atoms with Crippen molar-refractivity contribution in [3.05, 3.63) is 59.7 Å². The number of carbonyl (C=O) groups is 3. The van der Waals surface area contributed by atoms with Gasteiger partial charge >= 0.3 is 12.1 Å². The van der Waals surface area contributed by atoms with Gasteiger partial charge in [-0.15, -0.1) is 0 Å². The second kappa shape index (κ2) is 9.72. The van der Waals surface area contributed by atoms with Crippen LogP contribution in [0, 0.1) is 11.8 Å². The molecule has 3 aliphatic rings. The van der Waals surface area contributed by atoms with Gasteiger partial charge in [0.05, 0.1) is 5.92 Å². The maximum Gasteiger partial charge on any atom is 0.407 e. The summed E-state index contributed by atoms with van der Waals surface area (Å²) in [4.78, 5) is 37.7. The van der Waals surface area contributed by atoms with E-state index in [2.05, 4.69) is 34.9 Å². The monoisotopic (exact) mass is 476 g/mol. The van der Waals surface area contributed by atoms with Crippen LogP contribution in [0.1, 0.15) is 62.0 Å². The smallest absolute Gasteiger partial charge is 0.407 e. The molecular formula is C28H32N2O5. The summed E-state index contributed by atoms with van der Waals surface area (Å²) in [7, 11) is 0. The SMILES string of the molecule is O=C(NCC(C(=O)NC1(C(=O)O)CCCC1)C1CCC1)OCC1c2ccccc2-c2ccccc21. The van der Waals surface area contributed by atoms with E-state index >= 15 is 0 Å². The Morgan fingerprint density at radius 2 is 1.54 bits per heavy atom. The molecule has 0 bridgehead atoms. The van der Waals surface area contributed by atoms with E-state index in [1.165, 1.54) is 0 Å². The summed E-state index contributed by atoms with van der Waals surface area (Å²) < 4.78 is 5.62. The van der Waals surface area contributed by atoms with Gasteiger partial charge in [-0.25, -0.2) is 9.59 Å². The molecule has 0 aromatic heterocycles. The molecule has 184 valence electrons. The zero-order valence-corrected chi connectivity index (χ0v) is 19.8. The maximum atomic E-state index is 13.1. The third kappa shape index (κ3) is 4.51. The highest BCUT2D eigenvalue weighted by molar-refractivity contribution is 5.89. The first kappa shape index (κ1) is 23.4. The number of alkyl carbamates (subject to hydrolysis) is 1. The Morgan fingerprint density at radius 1 is 0.943 bits per heavy atom. The molecule has 35 heavy (non-hydrogen) atoms. The van der Waals surface area contributed by atoms with E-state index < -0.39 is 23.5 Å². The van der Waals surface area contributed by atoms with Crippen LogP contribution in [-0.2, 0) is 14.3 Å². The number of ether oxygens (including phenoxy) is 1. The molecule has 0 aliphatic heterocycles. The largest absolute Gasteiger partial charge is 0.480 e. The molecule has 1 atom stereocenters. The molecule has 3 aliphatic carbocycles. The van der Waals surface area contributed by atoms with Crippen LogP contribution in [0.15, 0.2) is 48.5 Å². The molecule has 0 spiro atoms. The normalized spacial score (nSPS) is 19.2. The first-order chi connectivity index (χ1) is 17.0. The lowest BCUT2D eigenvalue weighted by Crippen LogP contribution is -2.56. The van der Waals surface area contributed by atoms with Crippen molar-refractivity contribution in [2.24, 2.45) is 11.8 Å². The molecule has 7 nitrogen and oxygen atoms in total. The van der Waals surface area contributed by atoms with Gasteiger partial charge in [-0.2, -0.15) is 0 Å². The molecule has 2 fully saturated rings. The van der Waals surface area contributed by atoms with E-state index in [1.807, 2.05) is 24.3 Å². The summed E-state index contributed by atoms with van der Waals surface area (Å²) in [5, 5.41) is 15.3. The topological polar surface area (TPSA) is 105 Å². The minimum atomic E-state index is -1.18. The van der Waals surface area contributed by atoms with E-state index in [1.54, 1.807) is 0 Å². The summed E-state index contributed by atoms with van der Waals surface area (Å²) in [5.41, 5.74) is 3.44. The lowest BCUT2D eigenvalue weighted by Gasteiger charge is -2.35. The second-order valence-corrected chi connectivity index (χ2v) is 10.1. The third-order valence-electron chi connectivity index (χ3n) is 8.09. The molecule has 2 amide bonds. The summed E-state index contributed by atoms with van der Waals surface area (Å²) in [6.45, 7) is 0.352. The molecule has 0 radical (unpaired) electrons. The van der Waals surface area contributed by atoms with Gasteiger partial charge in [0.2, 0.25) is 5.91 Å². The fourth-order valence-electron chi connectivity index (χ4n) is 5.86. The summed E-state index contributed by atoms with van der Waals surface area (Å²) >= 11 is 0. The Labute approximate surface area is 205 Å². The van der Waals surface area contributed by atoms with Gasteiger partial charge in [-0.3, -0.25) is 4.79 Å². The highest BCUT2D eigenvalue weighted by Crippen LogP contribution is 2.44. The molecule has 1 unspecified atom stereocenters. The fraction of sp³-hybridized carbons (Fsp3) is 0.464. The number of aliphatic carboxylic acids is 1. The summed E-state index contributed by atoms with van der Waals surface area (Å²) in [6.07, 6.45) is 4.78. The highest BCUT2D eigenvalue weighted by Gasteiger charge is 2.45. The van der Waals surface area contributed by atoms with Crippen LogP contribution in [0.2, 0.25) is 0 Å². The van der Waals surface area contributed by atoms with Gasteiger partial charge in [0.1, 0.15) is 12.1 Å². The number of rotatable bonds is 8. The van der Waals surface area contributed by atoms with E-state index in [9.17, 15) is 19.5 Å². The Kier molecular flexibility index (Phi) is 6.50. The summed E-state index contributed by atoms with van der Waals surface area (Å²) in [5.74, 6) is -1.59. The average Bonchev–Trinajstić information content (AvgIpc) is 3.43. The van der Waals surface area contributed by atoms with Gasteiger partial charge in [-0.05, 0) is 53.9 Å². The number of carboxylic acid groups (broad SMARTS) is 1. The molecule has 7 heteroatoms. The Hall–Kier alpha value is -3.35. The van der Waals surface area contributed by atoms with Gasteiger partial charge in [0.15, 0.2) is 0 Å². The number of carbonyl (C=O) groups excluding carboxylic acids is 2. The van der Waals surface area contributed by atoms with Gasteiger partial charge in [-0.1, -0.05) is 67.8 Å². The van der Waals surface area contributed by atoms with Crippen LogP contribution in [-0.4, -0.2) is 41.8 Å². The standard InChI is InChI=1S/C28H32N2O5/c31-25(30-28(26(32)33)14-5-6-15-28)23(18-8-7-9-18)16-29-27(34)35-17-24-21-12-3-1-10-19(21)20-11-2-4-13-22(20)24/h1-4,10-13,18,23-24H,5-9,14-17H2,(H,29,34)(H,30,31)(H,32,33). The van der Waals surface area contributed by atoms with E-state index in [0.717, 1.165) is 54.4 Å². The average molecular weight is 477 g/mol. The van der Waals surface area contributed by atoms with Crippen molar-refractivity contribution in [3.63, 3.8) is 0 Å². The van der Waals surface area contributed by atoms with Crippen LogP contribution in [0.4, 0.5) is 4.79 Å². The van der Waals surface area contributed by atoms with E-state index in [0.29, 0.717) is 12.8 Å². The van der Waals surface area contributed by atoms with Crippen LogP contribution < -0.4 is 10.6 Å². The van der Waals surface area contributed by atoms with Crippen molar-refractivity contribution in [2.45, 2.75) is 56.4 Å². The minimum Gasteiger partial charge on any atom is -0.480 e. The molecule has 0 saturated heterocycles. The number of hydrogen-bond acceptors (Lipinski definition) is 4. The number of hydrogen-bond donors (Lipinski definition) is 3. The Morgan fingerprint density at radius 3 is 2.09 bits per heavy atom. The Balaban J connectivity index is 1.20. The first-order valence-electron chi connectivity index (χ1n) is 12.6. The number of fused-ring (bicyclic) bond motifs is 3. The van der Waals surface area contributed by atoms with Gasteiger partial charge in [0, 0.05) is 12.5 Å². The third-order valence-corrected chi connectivity index (χ3v) is 8.09. The van der Waals surface area contributed by atoms with Gasteiger partial charge in [0.25, 0.3) is 0 Å². The van der Waals surface area contributed by atoms with Crippen LogP contribution in [0.5, 0.6) is 0 Å². The van der Waals surface area contributed by atoms with Crippen LogP contribution in [0.25, 0.3) is 11.1 Å².